The number of pyridine rings is 1. The van der Waals surface area contributed by atoms with Crippen LogP contribution in [0.15, 0.2) is 47.4 Å². The van der Waals surface area contributed by atoms with Crippen LogP contribution in [-0.4, -0.2) is 15.6 Å². The number of fused-ring (bicyclic) bond motifs is 1. The van der Waals surface area contributed by atoms with Gasteiger partial charge in [-0.05, 0) is 30.2 Å². The first kappa shape index (κ1) is 16.2. The molecule has 1 aromatic heterocycles. The fourth-order valence-corrected chi connectivity index (χ4v) is 2.80. The lowest BCUT2D eigenvalue weighted by atomic mass is 10.1. The second kappa shape index (κ2) is 6.09. The Morgan fingerprint density at radius 1 is 1.29 bits per heavy atom. The van der Waals surface area contributed by atoms with Gasteiger partial charge in [0.2, 0.25) is 5.43 Å². The number of aryl methyl sites for hydroxylation is 1. The molecule has 1 N–H and O–H groups in total. The number of carboxylic acids is 1. The van der Waals surface area contributed by atoms with E-state index in [1.54, 1.807) is 4.57 Å². The zero-order chi connectivity index (χ0) is 17.4. The molecular weight excluding hydrogens is 333 g/mol. The highest BCUT2D eigenvalue weighted by Gasteiger charge is 2.17. The minimum atomic E-state index is -1.35. The predicted molar refractivity (Wildman–Crippen MR) is 90.4 cm³/mol. The summed E-state index contributed by atoms with van der Waals surface area (Å²) in [6.07, 6.45) is 1.27. The molecule has 6 heteroatoms. The summed E-state index contributed by atoms with van der Waals surface area (Å²) < 4.78 is 15.4. The molecule has 4 nitrogen and oxygen atoms in total. The normalized spacial score (nSPS) is 11.0. The lowest BCUT2D eigenvalue weighted by Crippen LogP contribution is -2.19. The highest BCUT2D eigenvalue weighted by atomic mass is 35.5. The van der Waals surface area contributed by atoms with Gasteiger partial charge in [-0.15, -0.1) is 0 Å². The Labute approximate surface area is 141 Å². The Morgan fingerprint density at radius 3 is 2.67 bits per heavy atom. The van der Waals surface area contributed by atoms with Crippen molar-refractivity contribution in [3.05, 3.63) is 80.3 Å². The number of hydrogen-bond acceptors (Lipinski definition) is 2. The van der Waals surface area contributed by atoms with E-state index in [1.807, 2.05) is 31.2 Å². The van der Waals surface area contributed by atoms with Crippen molar-refractivity contribution >= 4 is 28.5 Å². The average Bonchev–Trinajstić information content (AvgIpc) is 2.53. The molecule has 0 aliphatic carbocycles. The van der Waals surface area contributed by atoms with Gasteiger partial charge < -0.3 is 9.67 Å². The lowest BCUT2D eigenvalue weighted by molar-refractivity contribution is 0.0695. The first-order valence-electron chi connectivity index (χ1n) is 7.18. The summed E-state index contributed by atoms with van der Waals surface area (Å²) >= 11 is 5.84. The summed E-state index contributed by atoms with van der Waals surface area (Å²) in [4.78, 5) is 23.7. The van der Waals surface area contributed by atoms with Crippen molar-refractivity contribution in [3.63, 3.8) is 0 Å². The largest absolute Gasteiger partial charge is 0.477 e. The smallest absolute Gasteiger partial charge is 0.341 e. The topological polar surface area (TPSA) is 59.3 Å². The number of aromatic nitrogens is 1. The molecule has 0 radical (unpaired) electrons. The molecule has 0 saturated heterocycles. The van der Waals surface area contributed by atoms with E-state index < -0.39 is 22.8 Å². The Hall–Kier alpha value is -2.66. The summed E-state index contributed by atoms with van der Waals surface area (Å²) in [6.45, 7) is 2.27. The van der Waals surface area contributed by atoms with Crippen molar-refractivity contribution in [2.45, 2.75) is 13.5 Å². The molecule has 122 valence electrons. The number of halogens is 2. The Balaban J connectivity index is 2.31. The highest BCUT2D eigenvalue weighted by Crippen LogP contribution is 2.23. The maximum absolute atomic E-state index is 13.8. The fourth-order valence-electron chi connectivity index (χ4n) is 2.64. The summed E-state index contributed by atoms with van der Waals surface area (Å²) in [5, 5.41) is 9.13. The molecular formula is C18H13ClFNO3. The molecule has 24 heavy (non-hydrogen) atoms. The van der Waals surface area contributed by atoms with Crippen LogP contribution in [0.4, 0.5) is 4.39 Å². The van der Waals surface area contributed by atoms with Crippen molar-refractivity contribution < 1.29 is 14.3 Å². The summed E-state index contributed by atoms with van der Waals surface area (Å²) in [6, 6.07) is 9.95. The molecule has 0 bridgehead atoms. The van der Waals surface area contributed by atoms with Crippen LogP contribution in [0.2, 0.25) is 5.02 Å². The van der Waals surface area contributed by atoms with Gasteiger partial charge >= 0.3 is 5.97 Å². The number of benzene rings is 2. The molecule has 0 aliphatic heterocycles. The zero-order valence-electron chi connectivity index (χ0n) is 12.7. The van der Waals surface area contributed by atoms with E-state index >= 15 is 0 Å². The SMILES string of the molecule is Cc1ccccc1Cn1cc(C(=O)O)c(=O)c2cc(F)c(Cl)cc21. The van der Waals surface area contributed by atoms with Crippen molar-refractivity contribution in [1.82, 2.24) is 4.57 Å². The third-order valence-electron chi connectivity index (χ3n) is 3.95. The van der Waals surface area contributed by atoms with Gasteiger partial charge in [-0.3, -0.25) is 4.79 Å². The quantitative estimate of drug-likeness (QED) is 0.784. The second-order valence-corrected chi connectivity index (χ2v) is 5.92. The zero-order valence-corrected chi connectivity index (χ0v) is 13.5. The Kier molecular flexibility index (Phi) is 4.11. The highest BCUT2D eigenvalue weighted by molar-refractivity contribution is 6.31. The summed E-state index contributed by atoms with van der Waals surface area (Å²) in [5.74, 6) is -2.11. The van der Waals surface area contributed by atoms with E-state index in [9.17, 15) is 19.1 Å². The molecule has 3 aromatic rings. The first-order chi connectivity index (χ1) is 11.4. The minimum absolute atomic E-state index is 0.00890. The molecule has 0 atom stereocenters. The van der Waals surface area contributed by atoms with E-state index in [2.05, 4.69) is 0 Å². The lowest BCUT2D eigenvalue weighted by Gasteiger charge is -2.14. The monoisotopic (exact) mass is 345 g/mol. The van der Waals surface area contributed by atoms with Crippen LogP contribution in [0.5, 0.6) is 0 Å². The molecule has 0 amide bonds. The molecule has 2 aromatic carbocycles. The van der Waals surface area contributed by atoms with E-state index in [-0.39, 0.29) is 10.4 Å². The predicted octanol–water partition coefficient (Wildman–Crippen LogP) is 3.85. The van der Waals surface area contributed by atoms with Crippen LogP contribution in [0, 0.1) is 12.7 Å². The van der Waals surface area contributed by atoms with Crippen molar-refractivity contribution in [2.75, 3.05) is 0 Å². The Bertz CT molecular complexity index is 1030. The van der Waals surface area contributed by atoms with Gasteiger partial charge in [0, 0.05) is 18.1 Å². The number of carbonyl (C=O) groups is 1. The third-order valence-corrected chi connectivity index (χ3v) is 4.24. The summed E-state index contributed by atoms with van der Waals surface area (Å²) in [5.41, 5.74) is 1.24. The molecule has 0 fully saturated rings. The van der Waals surface area contributed by atoms with E-state index in [0.29, 0.717) is 12.1 Å². The van der Waals surface area contributed by atoms with Gasteiger partial charge in [-0.25, -0.2) is 9.18 Å². The average molecular weight is 346 g/mol. The van der Waals surface area contributed by atoms with E-state index in [4.69, 9.17) is 11.6 Å². The number of nitrogens with zero attached hydrogens (tertiary/aromatic N) is 1. The maximum atomic E-state index is 13.8. The van der Waals surface area contributed by atoms with Crippen molar-refractivity contribution in [2.24, 2.45) is 0 Å². The van der Waals surface area contributed by atoms with Crippen LogP contribution in [0.25, 0.3) is 10.9 Å². The van der Waals surface area contributed by atoms with Crippen LogP contribution < -0.4 is 5.43 Å². The molecule has 3 rings (SSSR count). The molecule has 1 heterocycles. The number of rotatable bonds is 3. The van der Waals surface area contributed by atoms with Gasteiger partial charge in [-0.2, -0.15) is 0 Å². The van der Waals surface area contributed by atoms with Gasteiger partial charge in [0.15, 0.2) is 0 Å². The van der Waals surface area contributed by atoms with Crippen LogP contribution in [0.3, 0.4) is 0 Å². The van der Waals surface area contributed by atoms with Crippen LogP contribution >= 0.6 is 11.6 Å². The molecule has 0 saturated carbocycles. The maximum Gasteiger partial charge on any atom is 0.341 e. The molecule has 0 unspecified atom stereocenters. The summed E-state index contributed by atoms with van der Waals surface area (Å²) in [7, 11) is 0. The van der Waals surface area contributed by atoms with Gasteiger partial charge in [0.25, 0.3) is 0 Å². The van der Waals surface area contributed by atoms with Gasteiger partial charge in [-0.1, -0.05) is 35.9 Å². The van der Waals surface area contributed by atoms with E-state index in [1.165, 1.54) is 12.3 Å². The van der Waals surface area contributed by atoms with Crippen molar-refractivity contribution in [3.8, 4) is 0 Å². The minimum Gasteiger partial charge on any atom is -0.477 e. The number of carboxylic acid groups (broad SMARTS) is 1. The number of hydrogen-bond donors (Lipinski definition) is 1. The van der Waals surface area contributed by atoms with Crippen LogP contribution in [-0.2, 0) is 6.54 Å². The third kappa shape index (κ3) is 2.78. The van der Waals surface area contributed by atoms with Crippen LogP contribution in [0.1, 0.15) is 21.5 Å². The number of aromatic carboxylic acids is 1. The van der Waals surface area contributed by atoms with E-state index in [0.717, 1.165) is 17.2 Å². The second-order valence-electron chi connectivity index (χ2n) is 5.51. The molecule has 0 aliphatic rings. The first-order valence-corrected chi connectivity index (χ1v) is 7.56. The Morgan fingerprint density at radius 2 is 2.00 bits per heavy atom. The molecule has 0 spiro atoms. The van der Waals surface area contributed by atoms with Gasteiger partial charge in [0.1, 0.15) is 11.4 Å². The fraction of sp³-hybridized carbons (Fsp3) is 0.111. The van der Waals surface area contributed by atoms with Crippen molar-refractivity contribution in [1.29, 1.82) is 0 Å². The van der Waals surface area contributed by atoms with Gasteiger partial charge in [0.05, 0.1) is 10.5 Å². The standard InChI is InChI=1S/C18H13ClFNO3/c1-10-4-2-3-5-11(10)8-21-9-13(18(23)24)17(22)12-6-15(20)14(19)7-16(12)21/h2-7,9H,8H2,1H3,(H,23,24).